The van der Waals surface area contributed by atoms with Crippen LogP contribution in [0.5, 0.6) is 0 Å². The van der Waals surface area contributed by atoms with Crippen LogP contribution >= 0.6 is 0 Å². The number of aryl methyl sites for hydroxylation is 1. The van der Waals surface area contributed by atoms with Crippen LogP contribution in [-0.4, -0.2) is 20.8 Å². The average Bonchev–Trinajstić information content (AvgIpc) is 2.45. The second kappa shape index (κ2) is 3.74. The molecule has 1 heterocycles. The Balaban J connectivity index is 2.28. The van der Waals surface area contributed by atoms with Gasteiger partial charge in [-0.2, -0.15) is 0 Å². The van der Waals surface area contributed by atoms with Gasteiger partial charge in [-0.1, -0.05) is 5.21 Å². The predicted octanol–water partition coefficient (Wildman–Crippen LogP) is 1.34. The maximum absolute atomic E-state index is 11.3. The second-order valence-corrected chi connectivity index (χ2v) is 3.62. The lowest BCUT2D eigenvalue weighted by Gasteiger charge is -1.97. The van der Waals surface area contributed by atoms with Gasteiger partial charge in [0.2, 0.25) is 0 Å². The lowest BCUT2D eigenvalue weighted by atomic mass is 10.1. The third-order valence-corrected chi connectivity index (χ3v) is 2.39. The van der Waals surface area contributed by atoms with Crippen molar-refractivity contribution >= 4 is 11.4 Å². The van der Waals surface area contributed by atoms with Gasteiger partial charge in [0, 0.05) is 13.5 Å². The van der Waals surface area contributed by atoms with Crippen molar-refractivity contribution in [3.8, 4) is 0 Å². The van der Waals surface area contributed by atoms with Crippen LogP contribution in [0.1, 0.15) is 31.4 Å². The molecular weight excluding hydrogens is 178 g/mol. The molecule has 0 saturated heterocycles. The summed E-state index contributed by atoms with van der Waals surface area (Å²) in [5.41, 5.74) is 1.86. The summed E-state index contributed by atoms with van der Waals surface area (Å²) in [6, 6.07) is 0. The van der Waals surface area contributed by atoms with Gasteiger partial charge in [0.25, 0.3) is 0 Å². The maximum Gasteiger partial charge on any atom is 0.156 e. The van der Waals surface area contributed by atoms with Gasteiger partial charge < -0.3 is 0 Å². The molecule has 0 atom stereocenters. The number of aromatic nitrogens is 3. The van der Waals surface area contributed by atoms with Crippen LogP contribution < -0.4 is 0 Å². The van der Waals surface area contributed by atoms with Crippen molar-refractivity contribution in [1.29, 1.82) is 0 Å². The molecule has 0 fully saturated rings. The van der Waals surface area contributed by atoms with Crippen LogP contribution in [0.15, 0.2) is 12.3 Å². The molecule has 4 heteroatoms. The van der Waals surface area contributed by atoms with Gasteiger partial charge >= 0.3 is 0 Å². The highest BCUT2D eigenvalue weighted by Gasteiger charge is 2.12. The minimum Gasteiger partial charge on any atom is -0.295 e. The Labute approximate surface area is 82.6 Å². The van der Waals surface area contributed by atoms with Crippen molar-refractivity contribution in [1.82, 2.24) is 15.0 Å². The molecule has 0 saturated carbocycles. The molecule has 74 valence electrons. The van der Waals surface area contributed by atoms with Crippen LogP contribution in [-0.2, 0) is 11.8 Å². The van der Waals surface area contributed by atoms with E-state index in [-0.39, 0.29) is 5.78 Å². The highest BCUT2D eigenvalue weighted by molar-refractivity contribution is 5.96. The van der Waals surface area contributed by atoms with Gasteiger partial charge in [-0.05, 0) is 30.9 Å². The van der Waals surface area contributed by atoms with Crippen LogP contribution in [0.3, 0.4) is 0 Å². The fourth-order valence-corrected chi connectivity index (χ4v) is 1.65. The molecule has 0 unspecified atom stereocenters. The molecule has 14 heavy (non-hydrogen) atoms. The summed E-state index contributed by atoms with van der Waals surface area (Å²) < 4.78 is 1.66. The zero-order valence-electron chi connectivity index (χ0n) is 8.23. The average molecular weight is 191 g/mol. The summed E-state index contributed by atoms with van der Waals surface area (Å²) in [7, 11) is 1.83. The van der Waals surface area contributed by atoms with E-state index in [1.165, 1.54) is 0 Å². The minimum absolute atomic E-state index is 0.211. The zero-order valence-corrected chi connectivity index (χ0v) is 8.23. The Morgan fingerprint density at radius 3 is 2.86 bits per heavy atom. The Kier molecular flexibility index (Phi) is 2.43. The zero-order chi connectivity index (χ0) is 9.97. The largest absolute Gasteiger partial charge is 0.295 e. The molecule has 1 aromatic heterocycles. The topological polar surface area (TPSA) is 47.8 Å². The Bertz CT molecular complexity index is 378. The van der Waals surface area contributed by atoms with Crippen molar-refractivity contribution < 1.29 is 4.79 Å². The molecule has 1 aromatic rings. The number of hydrogen-bond donors (Lipinski definition) is 0. The number of carbonyl (C=O) groups excluding carboxylic acids is 1. The normalized spacial score (nSPS) is 17.8. The lowest BCUT2D eigenvalue weighted by molar-refractivity contribution is -0.114. The summed E-state index contributed by atoms with van der Waals surface area (Å²) in [6.07, 6.45) is 7.23. The number of hydrogen-bond acceptors (Lipinski definition) is 3. The van der Waals surface area contributed by atoms with Crippen LogP contribution in [0, 0.1) is 0 Å². The summed E-state index contributed by atoms with van der Waals surface area (Å²) >= 11 is 0. The van der Waals surface area contributed by atoms with E-state index in [9.17, 15) is 4.79 Å². The van der Waals surface area contributed by atoms with E-state index in [0.29, 0.717) is 6.42 Å². The molecule has 0 aliphatic heterocycles. The third kappa shape index (κ3) is 1.89. The quantitative estimate of drug-likeness (QED) is 0.673. The van der Waals surface area contributed by atoms with Gasteiger partial charge in [0.05, 0.1) is 6.20 Å². The van der Waals surface area contributed by atoms with E-state index < -0.39 is 0 Å². The summed E-state index contributed by atoms with van der Waals surface area (Å²) in [5, 5.41) is 7.87. The molecule has 0 bridgehead atoms. The first kappa shape index (κ1) is 9.12. The molecule has 1 aliphatic carbocycles. The van der Waals surface area contributed by atoms with Crippen molar-refractivity contribution in [2.24, 2.45) is 7.05 Å². The highest BCUT2D eigenvalue weighted by Crippen LogP contribution is 2.22. The van der Waals surface area contributed by atoms with Crippen molar-refractivity contribution in [2.45, 2.75) is 25.7 Å². The van der Waals surface area contributed by atoms with E-state index in [4.69, 9.17) is 0 Å². The fourth-order valence-electron chi connectivity index (χ4n) is 1.65. The van der Waals surface area contributed by atoms with Gasteiger partial charge in [0.1, 0.15) is 5.69 Å². The molecule has 2 rings (SSSR count). The highest BCUT2D eigenvalue weighted by atomic mass is 16.1. The van der Waals surface area contributed by atoms with E-state index in [0.717, 1.165) is 30.5 Å². The van der Waals surface area contributed by atoms with E-state index in [1.54, 1.807) is 10.8 Å². The number of allylic oxidation sites excluding steroid dienone is 2. The summed E-state index contributed by atoms with van der Waals surface area (Å²) in [4.78, 5) is 11.3. The first-order valence-corrected chi connectivity index (χ1v) is 4.86. The predicted molar refractivity (Wildman–Crippen MR) is 52.5 cm³/mol. The van der Waals surface area contributed by atoms with Crippen molar-refractivity contribution in [3.63, 3.8) is 0 Å². The Morgan fingerprint density at radius 1 is 1.36 bits per heavy atom. The van der Waals surface area contributed by atoms with E-state index in [1.807, 2.05) is 13.2 Å². The number of ketones is 1. The molecule has 0 aromatic carbocycles. The molecule has 0 amide bonds. The van der Waals surface area contributed by atoms with Crippen LogP contribution in [0.4, 0.5) is 0 Å². The van der Waals surface area contributed by atoms with Crippen LogP contribution in [0.2, 0.25) is 0 Å². The molecule has 0 N–H and O–H groups in total. The second-order valence-electron chi connectivity index (χ2n) is 3.62. The number of rotatable bonds is 1. The van der Waals surface area contributed by atoms with Gasteiger partial charge in [-0.3, -0.25) is 9.48 Å². The first-order chi connectivity index (χ1) is 6.75. The molecular formula is C10H13N3O. The standard InChI is InChI=1S/C10H13N3O/c1-13-7-10(11-12-13)8-4-2-3-5-9(14)6-8/h6-7H,2-5H2,1H3. The number of carbonyl (C=O) groups is 1. The molecule has 0 spiro atoms. The summed E-state index contributed by atoms with van der Waals surface area (Å²) in [6.45, 7) is 0. The number of nitrogens with zero attached hydrogens (tertiary/aromatic N) is 3. The first-order valence-electron chi connectivity index (χ1n) is 4.86. The SMILES string of the molecule is Cn1cc(C2=CC(=O)CCCC2)nn1. The smallest absolute Gasteiger partial charge is 0.156 e. The van der Waals surface area contributed by atoms with Crippen LogP contribution in [0.25, 0.3) is 5.57 Å². The molecule has 0 radical (unpaired) electrons. The third-order valence-electron chi connectivity index (χ3n) is 2.39. The minimum atomic E-state index is 0.211. The molecule has 4 nitrogen and oxygen atoms in total. The fraction of sp³-hybridized carbons (Fsp3) is 0.500. The summed E-state index contributed by atoms with van der Waals surface area (Å²) in [5.74, 6) is 0.211. The maximum atomic E-state index is 11.3. The van der Waals surface area contributed by atoms with E-state index in [2.05, 4.69) is 10.3 Å². The Morgan fingerprint density at radius 2 is 2.14 bits per heavy atom. The van der Waals surface area contributed by atoms with Crippen molar-refractivity contribution in [3.05, 3.63) is 18.0 Å². The monoisotopic (exact) mass is 191 g/mol. The Hall–Kier alpha value is -1.45. The van der Waals surface area contributed by atoms with Crippen molar-refractivity contribution in [2.75, 3.05) is 0 Å². The van der Waals surface area contributed by atoms with Gasteiger partial charge in [-0.25, -0.2) is 0 Å². The lowest BCUT2D eigenvalue weighted by Crippen LogP contribution is -1.90. The van der Waals surface area contributed by atoms with Gasteiger partial charge in [-0.15, -0.1) is 5.10 Å². The molecule has 1 aliphatic rings. The van der Waals surface area contributed by atoms with E-state index >= 15 is 0 Å². The van der Waals surface area contributed by atoms with Gasteiger partial charge in [0.15, 0.2) is 5.78 Å².